The van der Waals surface area contributed by atoms with Crippen molar-refractivity contribution < 1.29 is 9.53 Å². The third-order valence-electron chi connectivity index (χ3n) is 7.18. The van der Waals surface area contributed by atoms with Crippen molar-refractivity contribution in [3.63, 3.8) is 0 Å². The Kier molecular flexibility index (Phi) is 7.01. The van der Waals surface area contributed by atoms with E-state index in [1.54, 1.807) is 7.11 Å². The Hall–Kier alpha value is -2.27. The highest BCUT2D eigenvalue weighted by Crippen LogP contribution is 2.32. The lowest BCUT2D eigenvalue weighted by atomic mass is 9.95. The lowest BCUT2D eigenvalue weighted by Gasteiger charge is -2.32. The van der Waals surface area contributed by atoms with Gasteiger partial charge >= 0.3 is 0 Å². The van der Waals surface area contributed by atoms with Crippen molar-refractivity contribution in [2.75, 3.05) is 20.2 Å². The average molecular weight is 424 g/mol. The van der Waals surface area contributed by atoms with Gasteiger partial charge in [-0.15, -0.1) is 0 Å². The molecule has 2 aromatic rings. The van der Waals surface area contributed by atoms with Crippen LogP contribution in [0.4, 0.5) is 0 Å². The van der Waals surface area contributed by atoms with E-state index in [0.717, 1.165) is 49.5 Å². The van der Waals surface area contributed by atoms with Gasteiger partial charge in [0, 0.05) is 48.7 Å². The summed E-state index contributed by atoms with van der Waals surface area (Å²) in [5.41, 5.74) is 4.44. The number of likely N-dealkylation sites (tertiary alicyclic amines) is 1. The first kappa shape index (κ1) is 21.9. The molecule has 1 aromatic heterocycles. The predicted molar refractivity (Wildman–Crippen MR) is 125 cm³/mol. The molecule has 1 aliphatic carbocycles. The van der Waals surface area contributed by atoms with E-state index in [0.29, 0.717) is 6.04 Å². The Balaban J connectivity index is 1.33. The molecule has 2 fully saturated rings. The third-order valence-corrected chi connectivity index (χ3v) is 7.18. The fraction of sp³-hybridized carbons (Fsp3) is 0.577. The largest absolute Gasteiger partial charge is 0.496 e. The van der Waals surface area contributed by atoms with Crippen LogP contribution in [0.25, 0.3) is 0 Å². The zero-order valence-corrected chi connectivity index (χ0v) is 19.3. The molecule has 168 valence electrons. The van der Waals surface area contributed by atoms with Gasteiger partial charge in [0.05, 0.1) is 12.7 Å². The summed E-state index contributed by atoms with van der Waals surface area (Å²) in [5, 5.41) is 3.32. The van der Waals surface area contributed by atoms with Crippen LogP contribution in [-0.4, -0.2) is 41.6 Å². The predicted octanol–water partition coefficient (Wildman–Crippen LogP) is 5.01. The third kappa shape index (κ3) is 4.98. The van der Waals surface area contributed by atoms with E-state index >= 15 is 0 Å². The molecule has 0 spiro atoms. The Bertz CT molecular complexity index is 890. The molecule has 0 radical (unpaired) electrons. The Morgan fingerprint density at radius 3 is 2.48 bits per heavy atom. The molecule has 1 amide bonds. The summed E-state index contributed by atoms with van der Waals surface area (Å²) in [6, 6.07) is 11.1. The van der Waals surface area contributed by atoms with Gasteiger partial charge in [0.1, 0.15) is 5.75 Å². The lowest BCUT2D eigenvalue weighted by Crippen LogP contribution is -2.44. The molecule has 1 saturated carbocycles. The minimum Gasteiger partial charge on any atom is -0.496 e. The molecule has 1 N–H and O–H groups in total. The summed E-state index contributed by atoms with van der Waals surface area (Å²) in [4.78, 5) is 15.5. The number of nitrogens with one attached hydrogen (secondary N) is 1. The molecule has 0 atom stereocenters. The fourth-order valence-corrected chi connectivity index (χ4v) is 5.48. The second-order valence-electron chi connectivity index (χ2n) is 9.28. The smallest absolute Gasteiger partial charge is 0.253 e. The summed E-state index contributed by atoms with van der Waals surface area (Å²) >= 11 is 0. The van der Waals surface area contributed by atoms with Gasteiger partial charge in [-0.2, -0.15) is 0 Å². The zero-order chi connectivity index (χ0) is 21.8. The number of benzene rings is 1. The van der Waals surface area contributed by atoms with Crippen LogP contribution in [0.2, 0.25) is 0 Å². The van der Waals surface area contributed by atoms with Crippen LogP contribution in [0.15, 0.2) is 30.3 Å². The topological polar surface area (TPSA) is 46.5 Å². The van der Waals surface area contributed by atoms with Crippen molar-refractivity contribution in [2.24, 2.45) is 0 Å². The highest BCUT2D eigenvalue weighted by atomic mass is 16.5. The van der Waals surface area contributed by atoms with E-state index < -0.39 is 0 Å². The van der Waals surface area contributed by atoms with Crippen LogP contribution in [-0.2, 0) is 6.54 Å². The van der Waals surface area contributed by atoms with Gasteiger partial charge in [-0.25, -0.2) is 0 Å². The normalized spacial score (nSPS) is 18.8. The summed E-state index contributed by atoms with van der Waals surface area (Å²) in [5.74, 6) is 1.05. The van der Waals surface area contributed by atoms with Crippen molar-refractivity contribution in [3.05, 3.63) is 52.8 Å². The maximum absolute atomic E-state index is 13.1. The Morgan fingerprint density at radius 2 is 1.77 bits per heavy atom. The maximum atomic E-state index is 13.1. The molecule has 5 heteroatoms. The number of methoxy groups -OCH3 is 1. The monoisotopic (exact) mass is 423 g/mol. The molecule has 4 rings (SSSR count). The number of hydrogen-bond acceptors (Lipinski definition) is 3. The molecule has 1 aliphatic heterocycles. The molecule has 31 heavy (non-hydrogen) atoms. The van der Waals surface area contributed by atoms with Gasteiger partial charge < -0.3 is 14.6 Å². The number of aromatic nitrogens is 1. The number of amides is 1. The van der Waals surface area contributed by atoms with Gasteiger partial charge in [0.25, 0.3) is 5.91 Å². The fourth-order valence-electron chi connectivity index (χ4n) is 5.48. The second kappa shape index (κ2) is 9.90. The standard InChI is InChI=1S/C26H37N3O2/c1-19-17-24(20(2)29(19)23-10-5-4-6-11-23)26(30)27-22-13-15-28(16-14-22)18-21-9-7-8-12-25(21)31-3/h7-9,12,17,22-23H,4-6,10-11,13-16,18H2,1-3H3,(H,27,30). The molecule has 1 aromatic carbocycles. The van der Waals surface area contributed by atoms with Crippen molar-refractivity contribution in [3.8, 4) is 5.75 Å². The van der Waals surface area contributed by atoms with Gasteiger partial charge in [-0.3, -0.25) is 9.69 Å². The summed E-state index contributed by atoms with van der Waals surface area (Å²) in [6.45, 7) is 7.14. The van der Waals surface area contributed by atoms with Gasteiger partial charge in [0.15, 0.2) is 0 Å². The first-order valence-corrected chi connectivity index (χ1v) is 11.9. The van der Waals surface area contributed by atoms with Crippen molar-refractivity contribution in [1.82, 2.24) is 14.8 Å². The van der Waals surface area contributed by atoms with E-state index in [4.69, 9.17) is 4.74 Å². The first-order valence-electron chi connectivity index (χ1n) is 11.9. The van der Waals surface area contributed by atoms with E-state index in [-0.39, 0.29) is 11.9 Å². The van der Waals surface area contributed by atoms with E-state index in [9.17, 15) is 4.79 Å². The highest BCUT2D eigenvalue weighted by Gasteiger charge is 2.25. The SMILES string of the molecule is COc1ccccc1CN1CCC(NC(=O)c2cc(C)n(C3CCCCC3)c2C)CC1. The second-order valence-corrected chi connectivity index (χ2v) is 9.28. The molecular formula is C26H37N3O2. The summed E-state index contributed by atoms with van der Waals surface area (Å²) in [6.07, 6.45) is 8.40. The van der Waals surface area contributed by atoms with Crippen molar-refractivity contribution >= 4 is 5.91 Å². The van der Waals surface area contributed by atoms with Crippen LogP contribution in [0.5, 0.6) is 5.75 Å². The zero-order valence-electron chi connectivity index (χ0n) is 19.3. The van der Waals surface area contributed by atoms with Crippen LogP contribution >= 0.6 is 0 Å². The molecule has 1 saturated heterocycles. The number of ether oxygens (including phenoxy) is 1. The summed E-state index contributed by atoms with van der Waals surface area (Å²) < 4.78 is 7.91. The molecular weight excluding hydrogens is 386 g/mol. The first-order chi connectivity index (χ1) is 15.1. The van der Waals surface area contributed by atoms with E-state index in [1.165, 1.54) is 43.4 Å². The number of aryl methyl sites for hydroxylation is 1. The number of para-hydroxylation sites is 1. The van der Waals surface area contributed by atoms with Crippen molar-refractivity contribution in [2.45, 2.75) is 77.4 Å². The quantitative estimate of drug-likeness (QED) is 0.710. The number of rotatable bonds is 6. The molecule has 5 nitrogen and oxygen atoms in total. The van der Waals surface area contributed by atoms with E-state index in [1.807, 2.05) is 12.1 Å². The Morgan fingerprint density at radius 1 is 1.06 bits per heavy atom. The van der Waals surface area contributed by atoms with Gasteiger partial charge in [-0.05, 0) is 51.7 Å². The molecule has 2 aliphatic rings. The van der Waals surface area contributed by atoms with Crippen molar-refractivity contribution in [1.29, 1.82) is 0 Å². The lowest BCUT2D eigenvalue weighted by molar-refractivity contribution is 0.0908. The molecule has 2 heterocycles. The number of hydrogen-bond donors (Lipinski definition) is 1. The minimum atomic E-state index is 0.0957. The molecule has 0 bridgehead atoms. The van der Waals surface area contributed by atoms with Crippen LogP contribution in [0.3, 0.4) is 0 Å². The number of nitrogens with zero attached hydrogens (tertiary/aromatic N) is 2. The summed E-state index contributed by atoms with van der Waals surface area (Å²) in [7, 11) is 1.73. The van der Waals surface area contributed by atoms with Crippen LogP contribution < -0.4 is 10.1 Å². The van der Waals surface area contributed by atoms with Gasteiger partial charge in [0.2, 0.25) is 0 Å². The average Bonchev–Trinajstić information content (AvgIpc) is 3.10. The van der Waals surface area contributed by atoms with E-state index in [2.05, 4.69) is 46.8 Å². The number of carbonyl (C=O) groups excluding carboxylic acids is 1. The maximum Gasteiger partial charge on any atom is 0.253 e. The number of piperidine rings is 1. The van der Waals surface area contributed by atoms with Crippen LogP contribution in [0, 0.1) is 13.8 Å². The van der Waals surface area contributed by atoms with Crippen LogP contribution in [0.1, 0.15) is 78.3 Å². The van der Waals surface area contributed by atoms with Gasteiger partial charge in [-0.1, -0.05) is 37.5 Å². The highest BCUT2D eigenvalue weighted by molar-refractivity contribution is 5.95. The minimum absolute atomic E-state index is 0.0957. The Labute approximate surface area is 186 Å². The molecule has 0 unspecified atom stereocenters. The number of carbonyl (C=O) groups is 1.